The van der Waals surface area contributed by atoms with Crippen LogP contribution in [0.2, 0.25) is 0 Å². The van der Waals surface area contributed by atoms with E-state index in [0.717, 1.165) is 25.9 Å². The van der Waals surface area contributed by atoms with Gasteiger partial charge < -0.3 is 19.7 Å². The predicted octanol–water partition coefficient (Wildman–Crippen LogP) is 4.15. The highest BCUT2D eigenvalue weighted by Gasteiger charge is 2.42. The molecule has 8 nitrogen and oxygen atoms in total. The summed E-state index contributed by atoms with van der Waals surface area (Å²) in [5, 5.41) is 17.1. The zero-order valence-electron chi connectivity index (χ0n) is 17.1. The lowest BCUT2D eigenvalue weighted by Crippen LogP contribution is -2.46. The average Bonchev–Trinajstić information content (AvgIpc) is 3.19. The molecule has 2 fully saturated rings. The van der Waals surface area contributed by atoms with Crippen LogP contribution in [-0.2, 0) is 0 Å². The molecule has 4 rings (SSSR count). The molecule has 1 unspecified atom stereocenters. The topological polar surface area (TPSA) is 88.2 Å². The van der Waals surface area contributed by atoms with Crippen molar-refractivity contribution < 1.29 is 22.6 Å². The molecule has 0 radical (unpaired) electrons. The number of likely N-dealkylation sites (tertiary alicyclic amines) is 1. The Bertz CT molecular complexity index is 939. The van der Waals surface area contributed by atoms with Crippen LogP contribution in [-0.4, -0.2) is 45.2 Å². The van der Waals surface area contributed by atoms with Crippen LogP contribution < -0.4 is 14.8 Å². The van der Waals surface area contributed by atoms with Crippen molar-refractivity contribution in [1.82, 2.24) is 19.7 Å². The number of halogens is 3. The Morgan fingerprint density at radius 1 is 1.13 bits per heavy atom. The summed E-state index contributed by atoms with van der Waals surface area (Å²) in [6.45, 7) is 5.32. The number of fused-ring (bicyclic) bond motifs is 2. The van der Waals surface area contributed by atoms with Gasteiger partial charge in [0.1, 0.15) is 11.5 Å². The fraction of sp³-hybridized carbons (Fsp3) is 0.550. The molecule has 0 amide bonds. The number of anilines is 1. The maximum absolute atomic E-state index is 12.3. The lowest BCUT2D eigenvalue weighted by Gasteiger charge is -2.35. The van der Waals surface area contributed by atoms with Gasteiger partial charge in [0.25, 0.3) is 0 Å². The van der Waals surface area contributed by atoms with Crippen LogP contribution in [0, 0.1) is 23.3 Å². The molecule has 11 heteroatoms. The number of rotatable bonds is 6. The molecule has 2 aliphatic rings. The van der Waals surface area contributed by atoms with Crippen molar-refractivity contribution >= 4 is 5.95 Å². The summed E-state index contributed by atoms with van der Waals surface area (Å²) in [4.78, 5) is 6.27. The number of piperidine rings is 1. The zero-order chi connectivity index (χ0) is 22.2. The largest absolute Gasteiger partial charge is 0.573 e. The van der Waals surface area contributed by atoms with Crippen molar-refractivity contribution in [2.45, 2.75) is 45.1 Å². The second-order valence-electron chi connectivity index (χ2n) is 8.15. The maximum atomic E-state index is 12.3. The zero-order valence-corrected chi connectivity index (χ0v) is 17.1. The quantitative estimate of drug-likeness (QED) is 0.681. The van der Waals surface area contributed by atoms with Gasteiger partial charge in [-0.05, 0) is 62.8 Å². The number of alkyl halides is 3. The number of nitriles is 1. The summed E-state index contributed by atoms with van der Waals surface area (Å²) >= 11 is 0. The number of aromatic nitrogens is 3. The van der Waals surface area contributed by atoms with E-state index in [1.165, 1.54) is 24.3 Å². The van der Waals surface area contributed by atoms with Crippen LogP contribution in [0.25, 0.3) is 0 Å². The van der Waals surface area contributed by atoms with Crippen molar-refractivity contribution in [3.8, 4) is 23.7 Å². The first kappa shape index (κ1) is 21.1. The van der Waals surface area contributed by atoms with E-state index in [0.29, 0.717) is 23.5 Å². The lowest BCUT2D eigenvalue weighted by molar-refractivity contribution is -0.274. The molecule has 1 aliphatic heterocycles. The van der Waals surface area contributed by atoms with E-state index in [-0.39, 0.29) is 23.8 Å². The molecular weight excluding hydrogens is 413 g/mol. The van der Waals surface area contributed by atoms with Gasteiger partial charge in [-0.2, -0.15) is 10.2 Å². The highest BCUT2D eigenvalue weighted by molar-refractivity contribution is 5.35. The fourth-order valence-corrected chi connectivity index (χ4v) is 4.28. The first-order chi connectivity index (χ1) is 14.7. The Labute approximate surface area is 177 Å². The van der Waals surface area contributed by atoms with Crippen LogP contribution in [0.15, 0.2) is 24.3 Å². The Kier molecular flexibility index (Phi) is 5.56. The molecule has 2 aromatic rings. The summed E-state index contributed by atoms with van der Waals surface area (Å²) in [5.74, 6) is 1.14. The average molecular weight is 436 g/mol. The number of nitrogens with one attached hydrogen (secondary N) is 1. The lowest BCUT2D eigenvalue weighted by atomic mass is 9.92. The minimum atomic E-state index is -4.75. The highest BCUT2D eigenvalue weighted by Crippen LogP contribution is 2.38. The van der Waals surface area contributed by atoms with E-state index < -0.39 is 6.36 Å². The third kappa shape index (κ3) is 4.78. The third-order valence-corrected chi connectivity index (χ3v) is 5.63. The van der Waals surface area contributed by atoms with Crippen molar-refractivity contribution in [2.24, 2.45) is 11.8 Å². The van der Waals surface area contributed by atoms with Crippen LogP contribution in [0.4, 0.5) is 19.1 Å². The van der Waals surface area contributed by atoms with Gasteiger partial charge in [0.05, 0.1) is 6.04 Å². The SMILES string of the molecule is CC(C)n1nc(NC2[C@@H]3CC[C@H]2CN(C#N)C3)nc1Oc1ccc(OC(F)(F)F)cc1. The van der Waals surface area contributed by atoms with Gasteiger partial charge >= 0.3 is 12.4 Å². The minimum absolute atomic E-state index is 0.0388. The minimum Gasteiger partial charge on any atom is -0.424 e. The van der Waals surface area contributed by atoms with Crippen LogP contribution in [0.5, 0.6) is 17.5 Å². The van der Waals surface area contributed by atoms with Crippen molar-refractivity contribution in [3.05, 3.63) is 24.3 Å². The molecule has 31 heavy (non-hydrogen) atoms. The number of nitrogens with zero attached hydrogens (tertiary/aromatic N) is 5. The van der Waals surface area contributed by atoms with Gasteiger partial charge in [0, 0.05) is 19.1 Å². The van der Waals surface area contributed by atoms with Crippen LogP contribution in [0.1, 0.15) is 32.7 Å². The summed E-state index contributed by atoms with van der Waals surface area (Å²) in [7, 11) is 0. The van der Waals surface area contributed by atoms with Crippen molar-refractivity contribution in [2.75, 3.05) is 18.4 Å². The molecule has 2 bridgehead atoms. The molecule has 0 spiro atoms. The highest BCUT2D eigenvalue weighted by atomic mass is 19.4. The van der Waals surface area contributed by atoms with E-state index in [4.69, 9.17) is 4.74 Å². The molecule has 1 aromatic carbocycles. The van der Waals surface area contributed by atoms with Gasteiger partial charge in [-0.15, -0.1) is 18.3 Å². The number of benzene rings is 1. The van der Waals surface area contributed by atoms with Gasteiger partial charge in [-0.3, -0.25) is 0 Å². The molecule has 1 N–H and O–H groups in total. The van der Waals surface area contributed by atoms with E-state index in [1.807, 2.05) is 13.8 Å². The first-order valence-electron chi connectivity index (χ1n) is 10.1. The van der Waals surface area contributed by atoms with Gasteiger partial charge in [-0.25, -0.2) is 4.68 Å². The number of hydrogen-bond donors (Lipinski definition) is 1. The summed E-state index contributed by atoms with van der Waals surface area (Å²) < 4.78 is 48.3. The monoisotopic (exact) mass is 436 g/mol. The smallest absolute Gasteiger partial charge is 0.424 e. The molecule has 1 saturated heterocycles. The summed E-state index contributed by atoms with van der Waals surface area (Å²) in [6, 6.07) is 5.51. The molecule has 1 aromatic heterocycles. The Morgan fingerprint density at radius 3 is 2.29 bits per heavy atom. The van der Waals surface area contributed by atoms with Gasteiger partial charge in [-0.1, -0.05) is 0 Å². The predicted molar refractivity (Wildman–Crippen MR) is 104 cm³/mol. The van der Waals surface area contributed by atoms with E-state index >= 15 is 0 Å². The maximum Gasteiger partial charge on any atom is 0.573 e. The Balaban J connectivity index is 1.48. The van der Waals surface area contributed by atoms with Gasteiger partial charge in [0.2, 0.25) is 5.95 Å². The standard InChI is InChI=1S/C20H23F3N6O2/c1-12(2)29-19(30-15-5-7-16(8-6-15)31-20(21,22)23)26-18(27-29)25-17-13-3-4-14(17)10-28(9-13)11-24/h5-8,12-14,17H,3-4,9-10H2,1-2H3,(H,25,27)/t13-,14+,17?. The Hall–Kier alpha value is -3.16. The second kappa shape index (κ2) is 8.17. The molecule has 1 aliphatic carbocycles. The summed E-state index contributed by atoms with van der Waals surface area (Å²) in [5.41, 5.74) is 0. The van der Waals surface area contributed by atoms with E-state index in [9.17, 15) is 18.4 Å². The molecule has 1 saturated carbocycles. The van der Waals surface area contributed by atoms with Crippen molar-refractivity contribution in [3.63, 3.8) is 0 Å². The van der Waals surface area contributed by atoms with E-state index in [1.54, 1.807) is 9.58 Å². The van der Waals surface area contributed by atoms with Gasteiger partial charge in [0.15, 0.2) is 6.19 Å². The van der Waals surface area contributed by atoms with Crippen LogP contribution >= 0.6 is 0 Å². The number of hydrogen-bond acceptors (Lipinski definition) is 7. The summed E-state index contributed by atoms with van der Waals surface area (Å²) in [6.07, 6.45) is -0.393. The van der Waals surface area contributed by atoms with Crippen molar-refractivity contribution in [1.29, 1.82) is 5.26 Å². The second-order valence-corrected chi connectivity index (χ2v) is 8.15. The fourth-order valence-electron chi connectivity index (χ4n) is 4.28. The third-order valence-electron chi connectivity index (χ3n) is 5.63. The molecule has 3 atom stereocenters. The number of ether oxygens (including phenoxy) is 2. The molecule has 166 valence electrons. The Morgan fingerprint density at radius 2 is 1.74 bits per heavy atom. The molecule has 2 heterocycles. The molecular formula is C20H23F3N6O2. The first-order valence-corrected chi connectivity index (χ1v) is 10.1. The normalized spacial score (nSPS) is 23.0. The van der Waals surface area contributed by atoms with Crippen LogP contribution in [0.3, 0.4) is 0 Å². The van der Waals surface area contributed by atoms with E-state index in [2.05, 4.69) is 26.3 Å².